The molecule has 0 amide bonds. The normalized spacial score (nSPS) is 16.9. The Hall–Kier alpha value is -1.76. The number of methoxy groups -OCH3 is 1. The summed E-state index contributed by atoms with van der Waals surface area (Å²) in [4.78, 5) is 0. The summed E-state index contributed by atoms with van der Waals surface area (Å²) < 4.78 is 18.4. The average Bonchev–Trinajstić information content (AvgIpc) is 3.02. The van der Waals surface area contributed by atoms with Gasteiger partial charge >= 0.3 is 0 Å². The van der Waals surface area contributed by atoms with Crippen molar-refractivity contribution < 1.29 is 14.2 Å². The molecule has 0 atom stereocenters. The molecule has 0 aliphatic heterocycles. The zero-order valence-electron chi connectivity index (χ0n) is 8.25. The number of ether oxygens (including phenoxy) is 1. The first-order valence-electron chi connectivity index (χ1n) is 4.62. The third-order valence-corrected chi connectivity index (χ3v) is 2.76. The highest BCUT2D eigenvalue weighted by molar-refractivity contribution is 5.51. The molecule has 1 saturated carbocycles. The first-order valence-corrected chi connectivity index (χ1v) is 4.62. The largest absolute Gasteiger partial charge is 0.505 e. The van der Waals surface area contributed by atoms with Crippen LogP contribution in [0.3, 0.4) is 0 Å². The molecule has 1 aromatic rings. The number of rotatable bonds is 2. The van der Waals surface area contributed by atoms with Crippen molar-refractivity contribution in [1.29, 1.82) is 5.26 Å². The van der Waals surface area contributed by atoms with Crippen LogP contribution >= 0.6 is 0 Å². The molecule has 3 nitrogen and oxygen atoms in total. The molecular weight excluding hydrogens is 197 g/mol. The number of aromatic hydroxyl groups is 1. The molecule has 78 valence electrons. The molecular formula is C11H10FNO2. The highest BCUT2D eigenvalue weighted by Crippen LogP contribution is 2.52. The van der Waals surface area contributed by atoms with Crippen LogP contribution in [0.15, 0.2) is 12.1 Å². The summed E-state index contributed by atoms with van der Waals surface area (Å²) in [6.45, 7) is 0. The first kappa shape index (κ1) is 9.78. The fraction of sp³-hybridized carbons (Fsp3) is 0.364. The molecule has 1 aliphatic carbocycles. The average molecular weight is 207 g/mol. The van der Waals surface area contributed by atoms with E-state index in [0.29, 0.717) is 18.4 Å². The molecule has 1 N–H and O–H groups in total. The van der Waals surface area contributed by atoms with E-state index in [4.69, 9.17) is 10.00 Å². The van der Waals surface area contributed by atoms with Crippen molar-refractivity contribution in [1.82, 2.24) is 0 Å². The topological polar surface area (TPSA) is 53.2 Å². The van der Waals surface area contributed by atoms with Crippen molar-refractivity contribution in [2.45, 2.75) is 18.3 Å². The lowest BCUT2D eigenvalue weighted by atomic mass is 9.96. The summed E-state index contributed by atoms with van der Waals surface area (Å²) >= 11 is 0. The molecule has 4 heteroatoms. The summed E-state index contributed by atoms with van der Waals surface area (Å²) in [5.41, 5.74) is -0.0809. The van der Waals surface area contributed by atoms with Gasteiger partial charge in [-0.05, 0) is 25.0 Å². The monoisotopic (exact) mass is 207 g/mol. The Kier molecular flexibility index (Phi) is 2.04. The van der Waals surface area contributed by atoms with E-state index in [1.807, 2.05) is 0 Å². The van der Waals surface area contributed by atoms with Gasteiger partial charge in [0.1, 0.15) is 0 Å². The second kappa shape index (κ2) is 3.13. The molecule has 1 fully saturated rings. The van der Waals surface area contributed by atoms with Gasteiger partial charge in [0.25, 0.3) is 0 Å². The summed E-state index contributed by atoms with van der Waals surface area (Å²) in [5, 5.41) is 18.2. The maximum absolute atomic E-state index is 13.5. The van der Waals surface area contributed by atoms with E-state index < -0.39 is 17.0 Å². The van der Waals surface area contributed by atoms with Crippen LogP contribution in [-0.4, -0.2) is 12.2 Å². The number of nitriles is 1. The summed E-state index contributed by atoms with van der Waals surface area (Å²) in [5.74, 6) is -1.27. The van der Waals surface area contributed by atoms with E-state index in [0.717, 1.165) is 0 Å². The Morgan fingerprint density at radius 1 is 1.53 bits per heavy atom. The molecule has 0 saturated heterocycles. The molecule has 0 unspecified atom stereocenters. The predicted molar refractivity (Wildman–Crippen MR) is 51.1 cm³/mol. The van der Waals surface area contributed by atoms with E-state index >= 15 is 0 Å². The van der Waals surface area contributed by atoms with Crippen LogP contribution in [0.5, 0.6) is 11.5 Å². The Bertz CT molecular complexity index is 447. The highest BCUT2D eigenvalue weighted by atomic mass is 19.1. The zero-order valence-corrected chi connectivity index (χ0v) is 8.25. The molecule has 0 aromatic heterocycles. The van der Waals surface area contributed by atoms with Crippen LogP contribution in [0, 0.1) is 17.1 Å². The van der Waals surface area contributed by atoms with E-state index in [1.165, 1.54) is 13.2 Å². The number of phenolic OH excluding ortho intramolecular Hbond substituents is 1. The quantitative estimate of drug-likeness (QED) is 0.807. The number of benzene rings is 1. The van der Waals surface area contributed by atoms with Crippen molar-refractivity contribution >= 4 is 0 Å². The SMILES string of the molecule is COc1c(C2(C#N)CC2)ccc(O)c1F. The van der Waals surface area contributed by atoms with Crippen molar-refractivity contribution in [3.05, 3.63) is 23.5 Å². The predicted octanol–water partition coefficient (Wildman–Crippen LogP) is 2.10. The van der Waals surface area contributed by atoms with Gasteiger partial charge in [0, 0.05) is 5.56 Å². The molecule has 2 rings (SSSR count). The van der Waals surface area contributed by atoms with Crippen molar-refractivity contribution in [3.63, 3.8) is 0 Å². The van der Waals surface area contributed by atoms with Gasteiger partial charge in [-0.1, -0.05) is 0 Å². The molecule has 0 spiro atoms. The van der Waals surface area contributed by atoms with Gasteiger partial charge in [0.15, 0.2) is 11.5 Å². The number of nitrogens with zero attached hydrogens (tertiary/aromatic N) is 1. The standard InChI is InChI=1S/C11H10FNO2/c1-15-10-7(11(6-13)4-5-11)2-3-8(14)9(10)12/h2-3,14H,4-5H2,1H3. The van der Waals surface area contributed by atoms with Gasteiger partial charge in [-0.2, -0.15) is 9.65 Å². The van der Waals surface area contributed by atoms with Crippen LogP contribution in [0.4, 0.5) is 4.39 Å². The van der Waals surface area contributed by atoms with Crippen molar-refractivity contribution in [3.8, 4) is 17.6 Å². The number of phenols is 1. The van der Waals surface area contributed by atoms with Crippen LogP contribution < -0.4 is 4.74 Å². The van der Waals surface area contributed by atoms with Crippen molar-refractivity contribution in [2.75, 3.05) is 7.11 Å². The van der Waals surface area contributed by atoms with Crippen LogP contribution in [0.25, 0.3) is 0 Å². The maximum atomic E-state index is 13.5. The van der Waals surface area contributed by atoms with Gasteiger partial charge in [0.2, 0.25) is 5.82 Å². The lowest BCUT2D eigenvalue weighted by molar-refractivity contribution is 0.358. The minimum atomic E-state index is -0.795. The number of hydrogen-bond donors (Lipinski definition) is 1. The van der Waals surface area contributed by atoms with E-state index in [9.17, 15) is 9.50 Å². The minimum Gasteiger partial charge on any atom is -0.505 e. The molecule has 1 aliphatic rings. The second-order valence-corrected chi connectivity index (χ2v) is 3.67. The van der Waals surface area contributed by atoms with E-state index in [1.54, 1.807) is 6.07 Å². The lowest BCUT2D eigenvalue weighted by Gasteiger charge is -2.13. The van der Waals surface area contributed by atoms with Gasteiger partial charge in [-0.15, -0.1) is 0 Å². The first-order chi connectivity index (χ1) is 7.14. The van der Waals surface area contributed by atoms with Crippen LogP contribution in [0.2, 0.25) is 0 Å². The number of halogens is 1. The van der Waals surface area contributed by atoms with Gasteiger partial charge < -0.3 is 9.84 Å². The minimum absolute atomic E-state index is 0.0194. The summed E-state index contributed by atoms with van der Waals surface area (Å²) in [6, 6.07) is 4.97. The Morgan fingerprint density at radius 2 is 2.20 bits per heavy atom. The zero-order chi connectivity index (χ0) is 11.1. The van der Waals surface area contributed by atoms with Gasteiger partial charge in [-0.3, -0.25) is 0 Å². The Balaban J connectivity index is 2.59. The van der Waals surface area contributed by atoms with Crippen LogP contribution in [0.1, 0.15) is 18.4 Å². The maximum Gasteiger partial charge on any atom is 0.206 e. The molecule has 0 heterocycles. The Morgan fingerprint density at radius 3 is 2.67 bits per heavy atom. The summed E-state index contributed by atoms with van der Waals surface area (Å²) in [6.07, 6.45) is 1.42. The fourth-order valence-electron chi connectivity index (χ4n) is 1.69. The second-order valence-electron chi connectivity index (χ2n) is 3.67. The summed E-state index contributed by atoms with van der Waals surface area (Å²) in [7, 11) is 1.33. The number of hydrogen-bond acceptors (Lipinski definition) is 3. The molecule has 0 bridgehead atoms. The Labute approximate surface area is 86.7 Å². The lowest BCUT2D eigenvalue weighted by Crippen LogP contribution is -2.06. The van der Waals surface area contributed by atoms with Crippen molar-refractivity contribution in [2.24, 2.45) is 0 Å². The third kappa shape index (κ3) is 1.32. The van der Waals surface area contributed by atoms with Gasteiger partial charge in [0.05, 0.1) is 18.6 Å². The molecule has 0 radical (unpaired) electrons. The van der Waals surface area contributed by atoms with Crippen LogP contribution in [-0.2, 0) is 5.41 Å². The third-order valence-electron chi connectivity index (χ3n) is 2.76. The van der Waals surface area contributed by atoms with Gasteiger partial charge in [-0.25, -0.2) is 0 Å². The molecule has 15 heavy (non-hydrogen) atoms. The van der Waals surface area contributed by atoms with E-state index in [2.05, 4.69) is 6.07 Å². The highest BCUT2D eigenvalue weighted by Gasteiger charge is 2.47. The molecule has 1 aromatic carbocycles. The smallest absolute Gasteiger partial charge is 0.206 e. The fourth-order valence-corrected chi connectivity index (χ4v) is 1.69. The van der Waals surface area contributed by atoms with E-state index in [-0.39, 0.29) is 5.75 Å².